The van der Waals surface area contributed by atoms with Crippen LogP contribution in [0.4, 0.5) is 8.78 Å². The van der Waals surface area contributed by atoms with Crippen LogP contribution in [0.1, 0.15) is 13.8 Å². The van der Waals surface area contributed by atoms with E-state index in [2.05, 4.69) is 0 Å². The minimum absolute atomic E-state index is 0.340. The molecule has 1 saturated heterocycles. The SMILES string of the molecule is CC1CN(C(=O)C(F)F)CC1C. The maximum Gasteiger partial charge on any atom is 0.315 e. The molecule has 0 N–H and O–H groups in total. The predicted molar refractivity (Wildman–Crippen MR) is 40.9 cm³/mol. The van der Waals surface area contributed by atoms with Gasteiger partial charge in [-0.1, -0.05) is 13.8 Å². The lowest BCUT2D eigenvalue weighted by molar-refractivity contribution is -0.141. The molecule has 0 aromatic carbocycles. The van der Waals surface area contributed by atoms with Gasteiger partial charge < -0.3 is 4.90 Å². The summed E-state index contributed by atoms with van der Waals surface area (Å²) in [5.41, 5.74) is 0. The fraction of sp³-hybridized carbons (Fsp3) is 0.875. The van der Waals surface area contributed by atoms with Gasteiger partial charge in [0.2, 0.25) is 0 Å². The predicted octanol–water partition coefficient (Wildman–Crippen LogP) is 1.37. The van der Waals surface area contributed by atoms with E-state index < -0.39 is 12.3 Å². The molecule has 70 valence electrons. The van der Waals surface area contributed by atoms with Crippen LogP contribution in [0.15, 0.2) is 0 Å². The van der Waals surface area contributed by atoms with Gasteiger partial charge in [-0.15, -0.1) is 0 Å². The summed E-state index contributed by atoms with van der Waals surface area (Å²) < 4.78 is 23.9. The van der Waals surface area contributed by atoms with Gasteiger partial charge in [-0.2, -0.15) is 8.78 Å². The Bertz CT molecular complexity index is 174. The third-order valence-corrected chi connectivity index (χ3v) is 2.49. The van der Waals surface area contributed by atoms with Crippen molar-refractivity contribution in [2.24, 2.45) is 11.8 Å². The average molecular weight is 177 g/mol. The summed E-state index contributed by atoms with van der Waals surface area (Å²) in [4.78, 5) is 12.1. The summed E-state index contributed by atoms with van der Waals surface area (Å²) >= 11 is 0. The van der Waals surface area contributed by atoms with Crippen molar-refractivity contribution >= 4 is 5.91 Å². The summed E-state index contributed by atoms with van der Waals surface area (Å²) in [6.07, 6.45) is -2.84. The molecule has 1 heterocycles. The Hall–Kier alpha value is -0.670. The first-order valence-electron chi connectivity index (χ1n) is 4.09. The molecule has 12 heavy (non-hydrogen) atoms. The topological polar surface area (TPSA) is 20.3 Å². The van der Waals surface area contributed by atoms with Crippen LogP contribution in [0.3, 0.4) is 0 Å². The van der Waals surface area contributed by atoms with E-state index in [-0.39, 0.29) is 0 Å². The van der Waals surface area contributed by atoms with Crippen molar-refractivity contribution in [3.8, 4) is 0 Å². The molecule has 0 spiro atoms. The lowest BCUT2D eigenvalue weighted by atomic mass is 10.0. The molecule has 0 saturated carbocycles. The number of halogens is 2. The molecule has 1 rings (SSSR count). The van der Waals surface area contributed by atoms with Crippen molar-refractivity contribution in [1.29, 1.82) is 0 Å². The fourth-order valence-corrected chi connectivity index (χ4v) is 1.45. The van der Waals surface area contributed by atoms with Crippen molar-refractivity contribution < 1.29 is 13.6 Å². The molecule has 0 radical (unpaired) electrons. The number of carbonyl (C=O) groups is 1. The number of hydrogen-bond donors (Lipinski definition) is 0. The third-order valence-electron chi connectivity index (χ3n) is 2.49. The van der Waals surface area contributed by atoms with Crippen LogP contribution < -0.4 is 0 Å². The van der Waals surface area contributed by atoms with Gasteiger partial charge in [0, 0.05) is 13.1 Å². The molecule has 0 aliphatic carbocycles. The van der Waals surface area contributed by atoms with Crippen LogP contribution >= 0.6 is 0 Å². The normalized spacial score (nSPS) is 29.9. The minimum Gasteiger partial charge on any atom is -0.337 e. The number of amides is 1. The van der Waals surface area contributed by atoms with Crippen LogP contribution in [0.2, 0.25) is 0 Å². The molecule has 1 fully saturated rings. The highest BCUT2D eigenvalue weighted by molar-refractivity contribution is 5.79. The average Bonchev–Trinajstić information content (AvgIpc) is 2.30. The smallest absolute Gasteiger partial charge is 0.315 e. The molecular weight excluding hydrogens is 164 g/mol. The zero-order chi connectivity index (χ0) is 9.30. The van der Waals surface area contributed by atoms with E-state index in [4.69, 9.17) is 0 Å². The van der Waals surface area contributed by atoms with Crippen LogP contribution in [0.25, 0.3) is 0 Å². The molecule has 1 aliphatic heterocycles. The van der Waals surface area contributed by atoms with Gasteiger partial charge in [-0.25, -0.2) is 0 Å². The van der Waals surface area contributed by atoms with E-state index in [1.54, 1.807) is 0 Å². The van der Waals surface area contributed by atoms with E-state index in [9.17, 15) is 13.6 Å². The molecule has 1 aliphatic rings. The summed E-state index contributed by atoms with van der Waals surface area (Å²) in [6.45, 7) is 4.90. The summed E-state index contributed by atoms with van der Waals surface area (Å²) in [5, 5.41) is 0. The molecule has 0 aromatic rings. The highest BCUT2D eigenvalue weighted by atomic mass is 19.3. The minimum atomic E-state index is -2.84. The number of alkyl halides is 2. The standard InChI is InChI=1S/C8H13F2NO/c1-5-3-11(4-6(5)2)8(12)7(9)10/h5-7H,3-4H2,1-2H3. The van der Waals surface area contributed by atoms with E-state index in [1.807, 2.05) is 13.8 Å². The molecule has 2 unspecified atom stereocenters. The first-order chi connectivity index (χ1) is 5.52. The summed E-state index contributed by atoms with van der Waals surface area (Å²) in [5.74, 6) is -0.341. The monoisotopic (exact) mass is 177 g/mol. The van der Waals surface area contributed by atoms with Crippen LogP contribution in [-0.2, 0) is 4.79 Å². The van der Waals surface area contributed by atoms with Crippen molar-refractivity contribution in [2.75, 3.05) is 13.1 Å². The van der Waals surface area contributed by atoms with Crippen molar-refractivity contribution in [1.82, 2.24) is 4.90 Å². The molecule has 0 bridgehead atoms. The van der Waals surface area contributed by atoms with Gasteiger partial charge in [-0.3, -0.25) is 4.79 Å². The number of rotatable bonds is 1. The lowest BCUT2D eigenvalue weighted by Crippen LogP contribution is -2.33. The van der Waals surface area contributed by atoms with Crippen molar-refractivity contribution in [3.05, 3.63) is 0 Å². The molecule has 2 nitrogen and oxygen atoms in total. The van der Waals surface area contributed by atoms with E-state index in [0.717, 1.165) is 0 Å². The van der Waals surface area contributed by atoms with Gasteiger partial charge in [0.15, 0.2) is 0 Å². The maximum atomic E-state index is 11.9. The second-order valence-corrected chi connectivity index (χ2v) is 3.50. The second-order valence-electron chi connectivity index (χ2n) is 3.50. The second kappa shape index (κ2) is 3.37. The van der Waals surface area contributed by atoms with Gasteiger partial charge >= 0.3 is 6.43 Å². The Labute approximate surface area is 70.5 Å². The molecule has 2 atom stereocenters. The Morgan fingerprint density at radius 1 is 1.33 bits per heavy atom. The number of hydrogen-bond acceptors (Lipinski definition) is 1. The first kappa shape index (κ1) is 9.42. The fourth-order valence-electron chi connectivity index (χ4n) is 1.45. The van der Waals surface area contributed by atoms with Gasteiger partial charge in [-0.05, 0) is 11.8 Å². The van der Waals surface area contributed by atoms with Crippen molar-refractivity contribution in [3.63, 3.8) is 0 Å². The van der Waals surface area contributed by atoms with Crippen LogP contribution in [0, 0.1) is 11.8 Å². The number of nitrogens with zero attached hydrogens (tertiary/aromatic N) is 1. The lowest BCUT2D eigenvalue weighted by Gasteiger charge is -2.14. The van der Waals surface area contributed by atoms with Crippen LogP contribution in [0.5, 0.6) is 0 Å². The van der Waals surface area contributed by atoms with Crippen molar-refractivity contribution in [2.45, 2.75) is 20.3 Å². The molecule has 1 amide bonds. The molecular formula is C8H13F2NO. The number of likely N-dealkylation sites (tertiary alicyclic amines) is 1. The number of carbonyl (C=O) groups excluding carboxylic acids is 1. The molecule has 4 heteroatoms. The van der Waals surface area contributed by atoms with Crippen LogP contribution in [-0.4, -0.2) is 30.3 Å². The van der Waals surface area contributed by atoms with Gasteiger partial charge in [0.05, 0.1) is 0 Å². The summed E-state index contributed by atoms with van der Waals surface area (Å²) in [6, 6.07) is 0. The van der Waals surface area contributed by atoms with Gasteiger partial charge in [0.1, 0.15) is 0 Å². The quantitative estimate of drug-likeness (QED) is 0.592. The first-order valence-corrected chi connectivity index (χ1v) is 4.09. The Balaban J connectivity index is 2.52. The zero-order valence-corrected chi connectivity index (χ0v) is 7.26. The third kappa shape index (κ3) is 1.73. The van der Waals surface area contributed by atoms with E-state index >= 15 is 0 Å². The Morgan fingerprint density at radius 2 is 1.75 bits per heavy atom. The highest BCUT2D eigenvalue weighted by Gasteiger charge is 2.32. The maximum absolute atomic E-state index is 11.9. The molecule has 0 aromatic heterocycles. The summed E-state index contributed by atoms with van der Waals surface area (Å²) in [7, 11) is 0. The highest BCUT2D eigenvalue weighted by Crippen LogP contribution is 2.22. The zero-order valence-electron chi connectivity index (χ0n) is 7.26. The van der Waals surface area contributed by atoms with E-state index in [1.165, 1.54) is 4.90 Å². The van der Waals surface area contributed by atoms with E-state index in [0.29, 0.717) is 24.9 Å². The van der Waals surface area contributed by atoms with Gasteiger partial charge in [0.25, 0.3) is 5.91 Å². The Morgan fingerprint density at radius 3 is 2.08 bits per heavy atom. The largest absolute Gasteiger partial charge is 0.337 e. The Kier molecular flexibility index (Phi) is 2.65.